The van der Waals surface area contributed by atoms with E-state index in [1.807, 2.05) is 22.2 Å². The lowest BCUT2D eigenvalue weighted by Crippen LogP contribution is -2.49. The van der Waals surface area contributed by atoms with Crippen LogP contribution >= 0.6 is 22.7 Å². The number of amides is 3. The number of methoxy groups -OCH3 is 1. The number of nitrogens with one attached hydrogen (secondary N) is 3. The summed E-state index contributed by atoms with van der Waals surface area (Å²) in [6, 6.07) is 7.86. The van der Waals surface area contributed by atoms with E-state index in [1.165, 1.54) is 29.7 Å². The van der Waals surface area contributed by atoms with E-state index in [4.69, 9.17) is 14.7 Å². The number of hydrogen-bond donors (Lipinski definition) is 3. The largest absolute Gasteiger partial charge is 0.453 e. The molecule has 8 rings (SSSR count). The Balaban J connectivity index is 0.942. The number of aromatic nitrogens is 4. The smallest absolute Gasteiger partial charge is 0.407 e. The van der Waals surface area contributed by atoms with Gasteiger partial charge in [0.15, 0.2) is 0 Å². The molecule has 2 saturated heterocycles. The van der Waals surface area contributed by atoms with Gasteiger partial charge in [0.2, 0.25) is 11.8 Å². The van der Waals surface area contributed by atoms with Gasteiger partial charge in [-0.2, -0.15) is 0 Å². The highest BCUT2D eigenvalue weighted by molar-refractivity contribution is 7.25. The van der Waals surface area contributed by atoms with E-state index >= 15 is 0 Å². The second-order valence-electron chi connectivity index (χ2n) is 13.2. The number of carbonyl (C=O) groups is 3. The monoisotopic (exact) mass is 673 g/mol. The van der Waals surface area contributed by atoms with Crippen LogP contribution in [0.3, 0.4) is 0 Å². The highest BCUT2D eigenvalue weighted by Crippen LogP contribution is 2.42. The number of likely N-dealkylation sites (tertiary alicyclic amines) is 2. The molecule has 3 atom stereocenters. The number of hydrogen-bond acceptors (Lipinski definition) is 8. The molecular weight excluding hydrogens is 635 g/mol. The third kappa shape index (κ3) is 6.22. The zero-order valence-electron chi connectivity index (χ0n) is 26.4. The first-order valence-corrected chi connectivity index (χ1v) is 18.3. The van der Waals surface area contributed by atoms with E-state index < -0.39 is 12.1 Å². The molecule has 13 heteroatoms. The van der Waals surface area contributed by atoms with Gasteiger partial charge in [-0.1, -0.05) is 0 Å². The molecule has 4 aliphatic rings. The Morgan fingerprint density at radius 2 is 1.38 bits per heavy atom. The molecule has 47 heavy (non-hydrogen) atoms. The Labute approximate surface area is 281 Å². The third-order valence-corrected chi connectivity index (χ3v) is 12.3. The molecule has 0 radical (unpaired) electrons. The van der Waals surface area contributed by atoms with Crippen molar-refractivity contribution in [1.82, 2.24) is 35.1 Å². The lowest BCUT2D eigenvalue weighted by Gasteiger charge is -2.28. The molecule has 6 heterocycles. The molecule has 4 fully saturated rings. The minimum atomic E-state index is -0.570. The molecule has 0 bridgehead atoms. The van der Waals surface area contributed by atoms with Crippen molar-refractivity contribution in [3.05, 3.63) is 48.3 Å². The van der Waals surface area contributed by atoms with Crippen LogP contribution in [0.5, 0.6) is 0 Å². The number of nitrogens with zero attached hydrogens (tertiary/aromatic N) is 4. The van der Waals surface area contributed by atoms with Crippen molar-refractivity contribution in [2.75, 3.05) is 20.2 Å². The van der Waals surface area contributed by atoms with Crippen LogP contribution in [0.4, 0.5) is 4.79 Å². The predicted octanol–water partition coefficient (Wildman–Crippen LogP) is 6.52. The van der Waals surface area contributed by atoms with E-state index in [0.29, 0.717) is 18.9 Å². The molecule has 2 aliphatic carbocycles. The number of aromatic amines is 2. The third-order valence-electron chi connectivity index (χ3n) is 9.90. The highest BCUT2D eigenvalue weighted by Gasteiger charge is 2.43. The van der Waals surface area contributed by atoms with Crippen molar-refractivity contribution in [3.63, 3.8) is 0 Å². The van der Waals surface area contributed by atoms with Crippen molar-refractivity contribution in [2.24, 2.45) is 11.8 Å². The standard InChI is InChI=1S/C34H39N7O4S2/c1-45-34(44)39-30(20-8-9-20)33(43)41-15-3-5-24(41)32-36-18-22(38-32)26-11-13-28(47-26)27-12-10-25(46-27)21-17-35-31(37-21)23-4-2-14-40(23)29(42)16-19-6-7-19/h10-13,17-20,23-24,30H,2-9,14-16H2,1H3,(H,35,37)(H,36,38)(H,39,44)/t23-,24-,30-/m0/s1. The molecule has 3 amide bonds. The summed E-state index contributed by atoms with van der Waals surface area (Å²) in [5.41, 5.74) is 1.91. The average Bonchev–Trinajstić information content (AvgIpc) is 3.62. The first-order valence-electron chi connectivity index (χ1n) is 16.7. The number of H-pyrrole nitrogens is 2. The first-order chi connectivity index (χ1) is 22.9. The van der Waals surface area contributed by atoms with Gasteiger partial charge >= 0.3 is 6.09 Å². The van der Waals surface area contributed by atoms with Crippen LogP contribution in [0.15, 0.2) is 36.7 Å². The van der Waals surface area contributed by atoms with E-state index in [0.717, 1.165) is 77.9 Å². The van der Waals surface area contributed by atoms with Gasteiger partial charge in [0, 0.05) is 29.3 Å². The summed E-state index contributed by atoms with van der Waals surface area (Å²) in [7, 11) is 1.32. The van der Waals surface area contributed by atoms with Crippen LogP contribution in [0.2, 0.25) is 0 Å². The Bertz CT molecular complexity index is 1780. The number of rotatable bonds is 10. The minimum Gasteiger partial charge on any atom is -0.453 e. The maximum atomic E-state index is 13.5. The van der Waals surface area contributed by atoms with E-state index in [-0.39, 0.29) is 29.8 Å². The van der Waals surface area contributed by atoms with Gasteiger partial charge in [0.25, 0.3) is 0 Å². The first kappa shape index (κ1) is 30.4. The number of imidazole rings is 2. The van der Waals surface area contributed by atoms with Gasteiger partial charge < -0.3 is 29.8 Å². The molecule has 4 aromatic rings. The number of alkyl carbamates (subject to hydrolysis) is 1. The Hall–Kier alpha value is -3.97. The summed E-state index contributed by atoms with van der Waals surface area (Å²) in [5, 5.41) is 2.77. The normalized spacial score (nSPS) is 21.7. The number of thiophene rings is 2. The lowest BCUT2D eigenvalue weighted by atomic mass is 10.1. The minimum absolute atomic E-state index is 0.0409. The van der Waals surface area contributed by atoms with Crippen molar-refractivity contribution < 1.29 is 19.1 Å². The molecule has 2 saturated carbocycles. The van der Waals surface area contributed by atoms with Gasteiger partial charge in [-0.25, -0.2) is 14.8 Å². The molecule has 0 spiro atoms. The summed E-state index contributed by atoms with van der Waals surface area (Å²) in [6.45, 7) is 1.46. The summed E-state index contributed by atoms with van der Waals surface area (Å²) < 4.78 is 4.78. The van der Waals surface area contributed by atoms with Crippen LogP contribution < -0.4 is 5.32 Å². The second-order valence-corrected chi connectivity index (χ2v) is 15.4. The summed E-state index contributed by atoms with van der Waals surface area (Å²) >= 11 is 3.43. The van der Waals surface area contributed by atoms with E-state index in [1.54, 1.807) is 22.7 Å². The molecule has 246 valence electrons. The quantitative estimate of drug-likeness (QED) is 0.175. The van der Waals surface area contributed by atoms with Gasteiger partial charge in [-0.15, -0.1) is 22.7 Å². The molecule has 0 aromatic carbocycles. The summed E-state index contributed by atoms with van der Waals surface area (Å²) in [4.78, 5) is 63.2. The Morgan fingerprint density at radius 3 is 1.94 bits per heavy atom. The number of carbonyl (C=O) groups excluding carboxylic acids is 3. The fourth-order valence-corrected chi connectivity index (χ4v) is 9.05. The zero-order valence-corrected chi connectivity index (χ0v) is 28.0. The molecule has 11 nitrogen and oxygen atoms in total. The van der Waals surface area contributed by atoms with Crippen LogP contribution in [-0.4, -0.2) is 73.9 Å². The van der Waals surface area contributed by atoms with Crippen molar-refractivity contribution in [3.8, 4) is 30.9 Å². The van der Waals surface area contributed by atoms with Crippen LogP contribution in [-0.2, 0) is 14.3 Å². The van der Waals surface area contributed by atoms with E-state index in [9.17, 15) is 14.4 Å². The number of ether oxygens (including phenoxy) is 1. The van der Waals surface area contributed by atoms with E-state index in [2.05, 4.69) is 39.6 Å². The van der Waals surface area contributed by atoms with Crippen molar-refractivity contribution in [2.45, 2.75) is 75.9 Å². The molecule has 0 unspecified atom stereocenters. The van der Waals surface area contributed by atoms with Crippen LogP contribution in [0.25, 0.3) is 30.9 Å². The van der Waals surface area contributed by atoms with Crippen LogP contribution in [0, 0.1) is 11.8 Å². The lowest BCUT2D eigenvalue weighted by molar-refractivity contribution is -0.135. The van der Waals surface area contributed by atoms with Crippen molar-refractivity contribution in [1.29, 1.82) is 0 Å². The molecule has 4 aromatic heterocycles. The van der Waals surface area contributed by atoms with Gasteiger partial charge in [0.1, 0.15) is 17.7 Å². The fraction of sp³-hybridized carbons (Fsp3) is 0.500. The van der Waals surface area contributed by atoms with Crippen LogP contribution in [0.1, 0.15) is 81.5 Å². The molecular formula is C34H39N7O4S2. The van der Waals surface area contributed by atoms with Gasteiger partial charge in [0.05, 0.1) is 52.7 Å². The maximum Gasteiger partial charge on any atom is 0.407 e. The molecule has 3 N–H and O–H groups in total. The Morgan fingerprint density at radius 1 is 0.830 bits per heavy atom. The topological polar surface area (TPSA) is 136 Å². The van der Waals surface area contributed by atoms with Crippen molar-refractivity contribution >= 4 is 40.6 Å². The summed E-state index contributed by atoms with van der Waals surface area (Å²) in [5.74, 6) is 2.63. The zero-order chi connectivity index (χ0) is 32.1. The van der Waals surface area contributed by atoms with Gasteiger partial charge in [-0.3, -0.25) is 9.59 Å². The fourth-order valence-electron chi connectivity index (χ4n) is 7.02. The maximum absolute atomic E-state index is 13.5. The second kappa shape index (κ2) is 12.6. The molecule has 2 aliphatic heterocycles. The summed E-state index contributed by atoms with van der Waals surface area (Å²) in [6.07, 6.45) is 11.8. The Kier molecular flexibility index (Phi) is 8.12. The average molecular weight is 674 g/mol. The highest BCUT2D eigenvalue weighted by atomic mass is 32.1. The van der Waals surface area contributed by atoms with Gasteiger partial charge in [-0.05, 0) is 87.5 Å². The predicted molar refractivity (Wildman–Crippen MR) is 180 cm³/mol. The SMILES string of the molecule is COC(=O)N[C@H](C(=O)N1CCC[C@H]1c1ncc(-c2ccc(-c3ccc(-c4cnc([C@@H]5CCCN5C(=O)CC5CC5)[nH]4)s3)s2)[nH]1)C1CC1.